The first kappa shape index (κ1) is 10.8. The molecule has 0 saturated heterocycles. The van der Waals surface area contributed by atoms with Gasteiger partial charge in [0.25, 0.3) is 0 Å². The predicted octanol–water partition coefficient (Wildman–Crippen LogP) is 0.966. The summed E-state index contributed by atoms with van der Waals surface area (Å²) in [7, 11) is 0. The number of fused-ring (bicyclic) bond motifs is 1. The molecule has 0 aromatic heterocycles. The molecule has 2 rings (SSSR count). The second-order valence-electron chi connectivity index (χ2n) is 3.50. The molecule has 0 radical (unpaired) electrons. The molecule has 1 aromatic rings. The van der Waals surface area contributed by atoms with Crippen molar-refractivity contribution < 1.29 is 24.5 Å². The third kappa shape index (κ3) is 2.09. The summed E-state index contributed by atoms with van der Waals surface area (Å²) in [6, 6.07) is 4.63. The summed E-state index contributed by atoms with van der Waals surface area (Å²) >= 11 is 0. The molecule has 0 amide bonds. The molecule has 0 saturated carbocycles. The molecule has 0 fully saturated rings. The SMILES string of the molecule is O=C(O)C(O)c1ccc2c(c1)OCCCO2. The van der Waals surface area contributed by atoms with E-state index < -0.39 is 12.1 Å². The van der Waals surface area contributed by atoms with Crippen LogP contribution in [0, 0.1) is 0 Å². The van der Waals surface area contributed by atoms with E-state index in [-0.39, 0.29) is 5.56 Å². The number of ether oxygens (including phenoxy) is 2. The summed E-state index contributed by atoms with van der Waals surface area (Å²) in [6.45, 7) is 1.10. The number of rotatable bonds is 2. The van der Waals surface area contributed by atoms with Crippen molar-refractivity contribution in [3.63, 3.8) is 0 Å². The first-order valence-corrected chi connectivity index (χ1v) is 4.99. The Balaban J connectivity index is 2.30. The molecule has 5 heteroatoms. The van der Waals surface area contributed by atoms with E-state index in [0.717, 1.165) is 6.42 Å². The summed E-state index contributed by atoms with van der Waals surface area (Å²) < 4.78 is 10.8. The maximum absolute atomic E-state index is 10.6. The fourth-order valence-electron chi connectivity index (χ4n) is 1.49. The van der Waals surface area contributed by atoms with Crippen molar-refractivity contribution in [2.24, 2.45) is 0 Å². The summed E-state index contributed by atoms with van der Waals surface area (Å²) in [5.41, 5.74) is 0.289. The summed E-state index contributed by atoms with van der Waals surface area (Å²) in [5, 5.41) is 18.0. The molecule has 1 aliphatic rings. The Hall–Kier alpha value is -1.75. The Labute approximate surface area is 92.2 Å². The minimum absolute atomic E-state index is 0.289. The molecule has 2 N–H and O–H groups in total. The van der Waals surface area contributed by atoms with E-state index in [2.05, 4.69) is 0 Å². The number of aliphatic carboxylic acids is 1. The molecule has 86 valence electrons. The molecular formula is C11H12O5. The van der Waals surface area contributed by atoms with Crippen LogP contribution in [0.3, 0.4) is 0 Å². The lowest BCUT2D eigenvalue weighted by atomic mass is 10.1. The van der Waals surface area contributed by atoms with Gasteiger partial charge in [-0.05, 0) is 17.7 Å². The number of carboxylic acids is 1. The third-order valence-electron chi connectivity index (χ3n) is 2.32. The van der Waals surface area contributed by atoms with Crippen LogP contribution in [0.25, 0.3) is 0 Å². The number of carboxylic acid groups (broad SMARTS) is 1. The van der Waals surface area contributed by atoms with Gasteiger partial charge in [0.1, 0.15) is 0 Å². The fourth-order valence-corrected chi connectivity index (χ4v) is 1.49. The van der Waals surface area contributed by atoms with Crippen molar-refractivity contribution in [1.82, 2.24) is 0 Å². The van der Waals surface area contributed by atoms with E-state index >= 15 is 0 Å². The molecule has 1 atom stereocenters. The van der Waals surface area contributed by atoms with Gasteiger partial charge in [-0.3, -0.25) is 0 Å². The molecular weight excluding hydrogens is 212 g/mol. The summed E-state index contributed by atoms with van der Waals surface area (Å²) in [6.07, 6.45) is -0.747. The van der Waals surface area contributed by atoms with Crippen LogP contribution in [-0.2, 0) is 4.79 Å². The zero-order valence-electron chi connectivity index (χ0n) is 8.55. The number of aliphatic hydroxyl groups is 1. The zero-order chi connectivity index (χ0) is 11.5. The first-order chi connectivity index (χ1) is 7.68. The van der Waals surface area contributed by atoms with Crippen molar-refractivity contribution in [3.8, 4) is 11.5 Å². The van der Waals surface area contributed by atoms with Crippen LogP contribution in [0.15, 0.2) is 18.2 Å². The van der Waals surface area contributed by atoms with Crippen molar-refractivity contribution in [2.45, 2.75) is 12.5 Å². The molecule has 0 spiro atoms. The van der Waals surface area contributed by atoms with Crippen molar-refractivity contribution >= 4 is 5.97 Å². The lowest BCUT2D eigenvalue weighted by molar-refractivity contribution is -0.146. The molecule has 1 unspecified atom stereocenters. The number of hydrogen-bond acceptors (Lipinski definition) is 4. The van der Waals surface area contributed by atoms with Gasteiger partial charge in [0.2, 0.25) is 0 Å². The molecule has 0 aliphatic carbocycles. The van der Waals surface area contributed by atoms with E-state index in [1.165, 1.54) is 12.1 Å². The van der Waals surface area contributed by atoms with Crippen molar-refractivity contribution in [3.05, 3.63) is 23.8 Å². The molecule has 5 nitrogen and oxygen atoms in total. The number of carbonyl (C=O) groups is 1. The van der Waals surface area contributed by atoms with Gasteiger partial charge in [-0.15, -0.1) is 0 Å². The van der Waals surface area contributed by atoms with Gasteiger partial charge in [-0.25, -0.2) is 4.79 Å². The van der Waals surface area contributed by atoms with E-state index in [1.54, 1.807) is 6.07 Å². The lowest BCUT2D eigenvalue weighted by Gasteiger charge is -2.10. The minimum Gasteiger partial charge on any atom is -0.490 e. The Morgan fingerprint density at radius 3 is 2.62 bits per heavy atom. The number of hydrogen-bond donors (Lipinski definition) is 2. The number of aliphatic hydroxyl groups excluding tert-OH is 1. The van der Waals surface area contributed by atoms with Gasteiger partial charge >= 0.3 is 5.97 Å². The molecule has 1 aromatic carbocycles. The van der Waals surface area contributed by atoms with Crippen LogP contribution < -0.4 is 9.47 Å². The lowest BCUT2D eigenvalue weighted by Crippen LogP contribution is -2.10. The highest BCUT2D eigenvalue weighted by Gasteiger charge is 2.19. The average molecular weight is 224 g/mol. The van der Waals surface area contributed by atoms with E-state index in [4.69, 9.17) is 14.6 Å². The Morgan fingerprint density at radius 1 is 1.25 bits per heavy atom. The Morgan fingerprint density at radius 2 is 1.94 bits per heavy atom. The quantitative estimate of drug-likeness (QED) is 0.782. The zero-order valence-corrected chi connectivity index (χ0v) is 8.55. The van der Waals surface area contributed by atoms with Gasteiger partial charge in [0, 0.05) is 6.42 Å². The van der Waals surface area contributed by atoms with Gasteiger partial charge in [0.15, 0.2) is 17.6 Å². The molecule has 1 heterocycles. The Bertz CT molecular complexity index is 401. The number of benzene rings is 1. The summed E-state index contributed by atoms with van der Waals surface area (Å²) in [4.78, 5) is 10.6. The highest BCUT2D eigenvalue weighted by molar-refractivity contribution is 5.74. The first-order valence-electron chi connectivity index (χ1n) is 4.99. The van der Waals surface area contributed by atoms with Crippen LogP contribution in [0.2, 0.25) is 0 Å². The van der Waals surface area contributed by atoms with Crippen LogP contribution >= 0.6 is 0 Å². The smallest absolute Gasteiger partial charge is 0.337 e. The van der Waals surface area contributed by atoms with Gasteiger partial charge in [-0.2, -0.15) is 0 Å². The second kappa shape index (κ2) is 4.40. The highest BCUT2D eigenvalue weighted by atomic mass is 16.5. The van der Waals surface area contributed by atoms with Crippen LogP contribution in [0.4, 0.5) is 0 Å². The van der Waals surface area contributed by atoms with E-state index in [1.807, 2.05) is 0 Å². The van der Waals surface area contributed by atoms with Crippen LogP contribution in [-0.4, -0.2) is 29.4 Å². The monoisotopic (exact) mass is 224 g/mol. The maximum atomic E-state index is 10.6. The molecule has 1 aliphatic heterocycles. The standard InChI is InChI=1S/C11H12O5/c12-10(11(13)14)7-2-3-8-9(6-7)16-5-1-4-15-8/h2-3,6,10,12H,1,4-5H2,(H,13,14). The minimum atomic E-state index is -1.53. The summed E-state index contributed by atoms with van der Waals surface area (Å²) in [5.74, 6) is -0.219. The van der Waals surface area contributed by atoms with Gasteiger partial charge in [0.05, 0.1) is 13.2 Å². The van der Waals surface area contributed by atoms with Crippen molar-refractivity contribution in [2.75, 3.05) is 13.2 Å². The second-order valence-corrected chi connectivity index (χ2v) is 3.50. The highest BCUT2D eigenvalue weighted by Crippen LogP contribution is 2.32. The predicted molar refractivity (Wildman–Crippen MR) is 54.6 cm³/mol. The average Bonchev–Trinajstić information content (AvgIpc) is 2.51. The van der Waals surface area contributed by atoms with Crippen LogP contribution in [0.1, 0.15) is 18.1 Å². The van der Waals surface area contributed by atoms with Crippen molar-refractivity contribution in [1.29, 1.82) is 0 Å². The van der Waals surface area contributed by atoms with E-state index in [0.29, 0.717) is 24.7 Å². The van der Waals surface area contributed by atoms with Gasteiger partial charge < -0.3 is 19.7 Å². The topological polar surface area (TPSA) is 76.0 Å². The molecule has 16 heavy (non-hydrogen) atoms. The third-order valence-corrected chi connectivity index (χ3v) is 2.32. The van der Waals surface area contributed by atoms with Crippen LogP contribution in [0.5, 0.6) is 11.5 Å². The van der Waals surface area contributed by atoms with E-state index in [9.17, 15) is 9.90 Å². The molecule has 0 bridgehead atoms. The largest absolute Gasteiger partial charge is 0.490 e. The van der Waals surface area contributed by atoms with Gasteiger partial charge in [-0.1, -0.05) is 6.07 Å². The normalized spacial score (nSPS) is 16.3. The fraction of sp³-hybridized carbons (Fsp3) is 0.364. The maximum Gasteiger partial charge on any atom is 0.337 e. The Kier molecular flexibility index (Phi) is 2.96.